The van der Waals surface area contributed by atoms with E-state index in [1.54, 1.807) is 7.11 Å². The van der Waals surface area contributed by atoms with Gasteiger partial charge in [-0.1, -0.05) is 20.3 Å². The number of fused-ring (bicyclic) bond motifs is 1. The van der Waals surface area contributed by atoms with Gasteiger partial charge in [-0.25, -0.2) is 0 Å². The van der Waals surface area contributed by atoms with Crippen LogP contribution in [0.15, 0.2) is 24.4 Å². The summed E-state index contributed by atoms with van der Waals surface area (Å²) in [5.74, 6) is 0.997. The number of ether oxygens (including phenoxy) is 1. The molecule has 0 amide bonds. The van der Waals surface area contributed by atoms with Crippen molar-refractivity contribution in [3.63, 3.8) is 0 Å². The summed E-state index contributed by atoms with van der Waals surface area (Å²) in [6.45, 7) is 6.40. The topological polar surface area (TPSA) is 17.2 Å². The van der Waals surface area contributed by atoms with Crippen molar-refractivity contribution in [3.8, 4) is 0 Å². The molecule has 1 aromatic rings. The Morgan fingerprint density at radius 1 is 1.32 bits per heavy atom. The highest BCUT2D eigenvalue weighted by Gasteiger charge is 2.21. The van der Waals surface area contributed by atoms with Crippen molar-refractivity contribution in [3.05, 3.63) is 30.1 Å². The van der Waals surface area contributed by atoms with E-state index < -0.39 is 0 Å². The quantitative estimate of drug-likeness (QED) is 0.741. The van der Waals surface area contributed by atoms with Crippen molar-refractivity contribution in [2.24, 2.45) is 0 Å². The molecule has 0 atom stereocenters. The summed E-state index contributed by atoms with van der Waals surface area (Å²) in [7, 11) is 1.77. The molecule has 104 valence electrons. The minimum Gasteiger partial charge on any atom is -0.448 e. The lowest BCUT2D eigenvalue weighted by Gasteiger charge is -2.08. The van der Waals surface area contributed by atoms with Gasteiger partial charge in [0, 0.05) is 18.3 Å². The maximum atomic E-state index is 5.60. The summed E-state index contributed by atoms with van der Waals surface area (Å²) in [5.41, 5.74) is 2.69. The second kappa shape index (κ2) is 6.60. The zero-order valence-corrected chi connectivity index (χ0v) is 12.4. The summed E-state index contributed by atoms with van der Waals surface area (Å²) < 4.78 is 10.2. The van der Waals surface area contributed by atoms with Crippen LogP contribution in [0.4, 0.5) is 0 Å². The van der Waals surface area contributed by atoms with Gasteiger partial charge in [-0.15, -0.1) is 0 Å². The van der Waals surface area contributed by atoms with E-state index in [1.165, 1.54) is 24.2 Å². The first-order valence-corrected chi connectivity index (χ1v) is 7.33. The van der Waals surface area contributed by atoms with E-state index in [0.29, 0.717) is 0 Å². The molecule has 0 N–H and O–H groups in total. The number of unbranched alkanes of at least 4 members (excludes halogenated alkanes) is 1. The zero-order chi connectivity index (χ0) is 13.7. The van der Waals surface area contributed by atoms with Gasteiger partial charge >= 0.3 is 5.90 Å². The van der Waals surface area contributed by atoms with Crippen molar-refractivity contribution in [2.45, 2.75) is 46.1 Å². The molecule has 0 bridgehead atoms. The third-order valence-electron chi connectivity index (χ3n) is 3.59. The summed E-state index contributed by atoms with van der Waals surface area (Å²) in [6.07, 6.45) is 9.04. The van der Waals surface area contributed by atoms with Crippen LogP contribution < -0.4 is 0 Å². The monoisotopic (exact) mass is 261 g/mol. The van der Waals surface area contributed by atoms with Crippen LogP contribution in [0.2, 0.25) is 0 Å². The summed E-state index contributed by atoms with van der Waals surface area (Å²) in [5, 5.41) is 0. The maximum absolute atomic E-state index is 5.60. The van der Waals surface area contributed by atoms with Gasteiger partial charge in [-0.05, 0) is 25.0 Å². The van der Waals surface area contributed by atoms with E-state index >= 15 is 0 Å². The Kier molecular flexibility index (Phi) is 4.83. The van der Waals surface area contributed by atoms with Crippen LogP contribution in [0.1, 0.15) is 45.2 Å². The SMILES string of the molecule is CCCCC1=CC(OC)=[N+](CCC)Cc2cccn21. The molecule has 0 saturated heterocycles. The highest BCUT2D eigenvalue weighted by atomic mass is 16.5. The maximum Gasteiger partial charge on any atom is 0.364 e. The molecular formula is C16H25N2O+. The second-order valence-electron chi connectivity index (χ2n) is 5.07. The van der Waals surface area contributed by atoms with E-state index in [1.807, 2.05) is 0 Å². The first-order valence-electron chi connectivity index (χ1n) is 7.33. The molecule has 2 heterocycles. The van der Waals surface area contributed by atoms with Crippen molar-refractivity contribution in [2.75, 3.05) is 13.7 Å². The standard InChI is InChI=1S/C16H25N2O/c1-4-6-8-14-12-16(19-3)17(10-5-2)13-15-9-7-11-18(14)15/h7,9,11-12H,4-6,8,10,13H2,1-3H3/q+1. The molecule has 1 aromatic heterocycles. The van der Waals surface area contributed by atoms with Gasteiger partial charge in [0.05, 0.1) is 18.9 Å². The molecular weight excluding hydrogens is 236 g/mol. The summed E-state index contributed by atoms with van der Waals surface area (Å²) >= 11 is 0. The first kappa shape index (κ1) is 13.9. The van der Waals surface area contributed by atoms with Crippen LogP contribution in [-0.4, -0.2) is 28.7 Å². The molecule has 3 nitrogen and oxygen atoms in total. The Morgan fingerprint density at radius 2 is 2.16 bits per heavy atom. The molecule has 0 aromatic carbocycles. The van der Waals surface area contributed by atoms with Gasteiger partial charge in [0.15, 0.2) is 6.54 Å². The number of hydrogen-bond acceptors (Lipinski definition) is 1. The molecule has 0 unspecified atom stereocenters. The molecule has 19 heavy (non-hydrogen) atoms. The number of aromatic nitrogens is 1. The van der Waals surface area contributed by atoms with Gasteiger partial charge < -0.3 is 9.30 Å². The predicted octanol–water partition coefficient (Wildman–Crippen LogP) is 3.50. The van der Waals surface area contributed by atoms with Crippen molar-refractivity contribution in [1.82, 2.24) is 4.57 Å². The van der Waals surface area contributed by atoms with E-state index in [0.717, 1.165) is 31.8 Å². The van der Waals surface area contributed by atoms with E-state index in [-0.39, 0.29) is 0 Å². The Bertz CT molecular complexity index is 483. The number of hydrogen-bond donors (Lipinski definition) is 0. The minimum atomic E-state index is 0.927. The normalized spacial score (nSPS) is 15.0. The molecule has 3 heteroatoms. The van der Waals surface area contributed by atoms with Crippen LogP contribution in [0, 0.1) is 0 Å². The minimum absolute atomic E-state index is 0.927. The average Bonchev–Trinajstić information content (AvgIpc) is 2.82. The van der Waals surface area contributed by atoms with Gasteiger partial charge in [-0.3, -0.25) is 0 Å². The molecule has 0 aliphatic carbocycles. The van der Waals surface area contributed by atoms with Gasteiger partial charge in [0.2, 0.25) is 0 Å². The first-order chi connectivity index (χ1) is 9.30. The van der Waals surface area contributed by atoms with E-state index in [9.17, 15) is 0 Å². The highest BCUT2D eigenvalue weighted by molar-refractivity contribution is 5.89. The lowest BCUT2D eigenvalue weighted by atomic mass is 10.2. The average molecular weight is 261 g/mol. The third kappa shape index (κ3) is 3.09. The fourth-order valence-corrected chi connectivity index (χ4v) is 2.60. The molecule has 1 aliphatic rings. The van der Waals surface area contributed by atoms with Crippen LogP contribution in [-0.2, 0) is 11.3 Å². The fourth-order valence-electron chi connectivity index (χ4n) is 2.60. The number of nitrogens with zero attached hydrogens (tertiary/aromatic N) is 2. The van der Waals surface area contributed by atoms with Crippen molar-refractivity contribution < 1.29 is 9.31 Å². The molecule has 1 aliphatic heterocycles. The fraction of sp³-hybridized carbons (Fsp3) is 0.562. The van der Waals surface area contributed by atoms with Crippen LogP contribution in [0.25, 0.3) is 5.70 Å². The zero-order valence-electron chi connectivity index (χ0n) is 12.4. The van der Waals surface area contributed by atoms with Gasteiger partial charge in [-0.2, -0.15) is 4.58 Å². The lowest BCUT2D eigenvalue weighted by Crippen LogP contribution is -2.21. The smallest absolute Gasteiger partial charge is 0.364 e. The lowest BCUT2D eigenvalue weighted by molar-refractivity contribution is -0.551. The van der Waals surface area contributed by atoms with Crippen molar-refractivity contribution in [1.29, 1.82) is 0 Å². The van der Waals surface area contributed by atoms with Crippen LogP contribution >= 0.6 is 0 Å². The Morgan fingerprint density at radius 3 is 2.84 bits per heavy atom. The number of allylic oxidation sites excluding steroid dienone is 1. The highest BCUT2D eigenvalue weighted by Crippen LogP contribution is 2.21. The van der Waals surface area contributed by atoms with E-state index in [2.05, 4.69) is 47.4 Å². The Balaban J connectivity index is 2.38. The molecule has 0 radical (unpaired) electrons. The summed E-state index contributed by atoms with van der Waals surface area (Å²) in [6, 6.07) is 4.35. The molecule has 0 saturated carbocycles. The van der Waals surface area contributed by atoms with Gasteiger partial charge in [0.25, 0.3) is 0 Å². The number of methoxy groups -OCH3 is 1. The Labute approximate surface area is 116 Å². The molecule has 0 fully saturated rings. The largest absolute Gasteiger partial charge is 0.448 e. The van der Waals surface area contributed by atoms with Crippen LogP contribution in [0.5, 0.6) is 0 Å². The predicted molar refractivity (Wildman–Crippen MR) is 79.4 cm³/mol. The number of rotatable bonds is 5. The van der Waals surface area contributed by atoms with E-state index in [4.69, 9.17) is 4.74 Å². The molecule has 2 rings (SSSR count). The van der Waals surface area contributed by atoms with Crippen molar-refractivity contribution >= 4 is 11.6 Å². The third-order valence-corrected chi connectivity index (χ3v) is 3.59. The Hall–Kier alpha value is -1.51. The van der Waals surface area contributed by atoms with Gasteiger partial charge in [0.1, 0.15) is 6.54 Å². The van der Waals surface area contributed by atoms with Crippen LogP contribution in [0.3, 0.4) is 0 Å². The second-order valence-corrected chi connectivity index (χ2v) is 5.07. The summed E-state index contributed by atoms with van der Waals surface area (Å²) in [4.78, 5) is 0. The molecule has 0 spiro atoms.